The number of nitrogens with one attached hydrogen (secondary N) is 1. The van der Waals surface area contributed by atoms with Gasteiger partial charge in [0.25, 0.3) is 0 Å². The Labute approximate surface area is 107 Å². The zero-order valence-corrected chi connectivity index (χ0v) is 11.3. The second kappa shape index (κ2) is 4.72. The molecule has 0 bridgehead atoms. The average molecular weight is 253 g/mol. The minimum atomic E-state index is -0.423. The first-order valence-electron chi connectivity index (χ1n) is 6.02. The van der Waals surface area contributed by atoms with E-state index in [1.807, 2.05) is 19.1 Å². The lowest BCUT2D eigenvalue weighted by atomic mass is 9.77. The first-order valence-corrected chi connectivity index (χ1v) is 6.02. The molecule has 0 aromatic heterocycles. The number of allylic oxidation sites excluding steroid dienone is 2. The summed E-state index contributed by atoms with van der Waals surface area (Å²) in [7, 11) is 3.42. The first kappa shape index (κ1) is 13.1. The molecule has 0 aromatic rings. The Kier molecular flexibility index (Phi) is 3.43. The van der Waals surface area contributed by atoms with Crippen molar-refractivity contribution in [3.05, 3.63) is 23.8 Å². The number of nitrogens with two attached hydrogens (primary N) is 1. The summed E-state index contributed by atoms with van der Waals surface area (Å²) in [6.45, 7) is 4.69. The van der Waals surface area contributed by atoms with Gasteiger partial charge in [-0.25, -0.2) is 4.79 Å². The molecule has 1 fully saturated rings. The van der Waals surface area contributed by atoms with Crippen LogP contribution in [0.1, 0.15) is 13.8 Å². The molecule has 1 aliphatic carbocycles. The fourth-order valence-corrected chi connectivity index (χ4v) is 2.54. The number of methoxy groups -OCH3 is 1. The fourth-order valence-electron chi connectivity index (χ4n) is 2.54. The number of quaternary nitrogens is 1. The lowest BCUT2D eigenvalue weighted by Crippen LogP contribution is -2.97. The van der Waals surface area contributed by atoms with Crippen molar-refractivity contribution in [2.45, 2.75) is 19.4 Å². The number of nitrogens with zero attached hydrogens (tertiary/aromatic N) is 2. The number of hydrogen-bond acceptors (Lipinski definition) is 3. The molecule has 2 rings (SSSR count). The second-order valence-corrected chi connectivity index (χ2v) is 4.99. The van der Waals surface area contributed by atoms with Crippen molar-refractivity contribution in [3.63, 3.8) is 0 Å². The predicted octanol–water partition coefficient (Wildman–Crippen LogP) is -0.211. The second-order valence-electron chi connectivity index (χ2n) is 4.99. The molecule has 1 heterocycles. The molecule has 2 unspecified atom stereocenters. The molecule has 0 saturated carbocycles. The van der Waals surface area contributed by atoms with Crippen LogP contribution in [0.2, 0.25) is 0 Å². The molecule has 6 nitrogen and oxygen atoms in total. The summed E-state index contributed by atoms with van der Waals surface area (Å²) in [5, 5.41) is 3.19. The largest absolute Gasteiger partial charge is 0.384 e. The van der Waals surface area contributed by atoms with E-state index < -0.39 is 5.54 Å². The minimum Gasteiger partial charge on any atom is -0.384 e. The maximum Gasteiger partial charge on any atom is 0.384 e. The monoisotopic (exact) mass is 253 g/mol. The number of rotatable bonds is 3. The van der Waals surface area contributed by atoms with Gasteiger partial charge in [0.2, 0.25) is 0 Å². The van der Waals surface area contributed by atoms with Crippen molar-refractivity contribution < 1.29 is 15.1 Å². The van der Waals surface area contributed by atoms with E-state index in [0.717, 1.165) is 0 Å². The lowest BCUT2D eigenvalue weighted by Gasteiger charge is -2.41. The van der Waals surface area contributed by atoms with Crippen molar-refractivity contribution in [2.75, 3.05) is 20.8 Å². The van der Waals surface area contributed by atoms with Crippen LogP contribution in [0.5, 0.6) is 0 Å². The molecule has 100 valence electrons. The van der Waals surface area contributed by atoms with Crippen molar-refractivity contribution >= 4 is 6.03 Å². The van der Waals surface area contributed by atoms with Gasteiger partial charge in [-0.1, -0.05) is 23.8 Å². The molecular formula is C12H21N4O2+. The number of hydrogen-bond donors (Lipinski definition) is 2. The van der Waals surface area contributed by atoms with E-state index in [9.17, 15) is 4.79 Å². The average Bonchev–Trinajstić information content (AvgIpc) is 2.66. The van der Waals surface area contributed by atoms with E-state index >= 15 is 0 Å². The quantitative estimate of drug-likeness (QED) is 0.540. The summed E-state index contributed by atoms with van der Waals surface area (Å²) in [4.78, 5) is 12.1. The standard InChI is InChI=1S/C12H20N4O2/c1-9-6-5-7-12(2,10(9)8-18-4)16-11(17)15(3)13-14-16/h5-7,10,13-14H,8H2,1-4H3/p+1. The highest BCUT2D eigenvalue weighted by Crippen LogP contribution is 2.34. The molecule has 18 heavy (non-hydrogen) atoms. The highest BCUT2D eigenvalue weighted by atomic mass is 16.5. The Morgan fingerprint density at radius 1 is 1.61 bits per heavy atom. The van der Waals surface area contributed by atoms with Gasteiger partial charge >= 0.3 is 6.03 Å². The molecule has 1 aliphatic heterocycles. The van der Waals surface area contributed by atoms with E-state index in [1.54, 1.807) is 24.7 Å². The smallest absolute Gasteiger partial charge is 0.384 e. The van der Waals surface area contributed by atoms with Crippen LogP contribution in [0, 0.1) is 5.92 Å². The van der Waals surface area contributed by atoms with E-state index in [1.165, 1.54) is 10.6 Å². The van der Waals surface area contributed by atoms with E-state index in [4.69, 9.17) is 4.74 Å². The van der Waals surface area contributed by atoms with Gasteiger partial charge in [-0.15, -0.1) is 5.53 Å². The highest BCUT2D eigenvalue weighted by Gasteiger charge is 2.47. The molecule has 2 aliphatic rings. The molecule has 2 atom stereocenters. The van der Waals surface area contributed by atoms with Crippen LogP contribution in [0.3, 0.4) is 0 Å². The van der Waals surface area contributed by atoms with E-state index in [-0.39, 0.29) is 11.9 Å². The first-order chi connectivity index (χ1) is 8.50. The fraction of sp³-hybridized carbons (Fsp3) is 0.583. The van der Waals surface area contributed by atoms with E-state index in [2.05, 4.69) is 18.5 Å². The maximum absolute atomic E-state index is 12.1. The lowest BCUT2D eigenvalue weighted by molar-refractivity contribution is -0.824. The van der Waals surface area contributed by atoms with Crippen LogP contribution in [0.15, 0.2) is 23.8 Å². The number of hydrazine groups is 1. The van der Waals surface area contributed by atoms with Crippen molar-refractivity contribution in [3.8, 4) is 0 Å². The van der Waals surface area contributed by atoms with Crippen LogP contribution in [0.25, 0.3) is 0 Å². The Balaban J connectivity index is 2.30. The third-order valence-electron chi connectivity index (χ3n) is 3.74. The summed E-state index contributed by atoms with van der Waals surface area (Å²) < 4.78 is 5.30. The molecule has 2 amide bonds. The van der Waals surface area contributed by atoms with Gasteiger partial charge in [0.05, 0.1) is 19.2 Å². The van der Waals surface area contributed by atoms with Gasteiger partial charge in [0.1, 0.15) is 0 Å². The predicted molar refractivity (Wildman–Crippen MR) is 66.7 cm³/mol. The number of ether oxygens (including phenoxy) is 1. The van der Waals surface area contributed by atoms with E-state index in [0.29, 0.717) is 6.61 Å². The Hall–Kier alpha value is -1.37. The Bertz CT molecular complexity index is 401. The normalized spacial score (nSPS) is 32.1. The zero-order valence-electron chi connectivity index (χ0n) is 11.3. The Morgan fingerprint density at radius 2 is 2.33 bits per heavy atom. The molecule has 0 spiro atoms. The SMILES string of the molecule is COCC1C(C)=CC=CC1(C)N1N[NH2+]N(C)C1=O. The van der Waals surface area contributed by atoms with Gasteiger partial charge in [0.15, 0.2) is 0 Å². The Morgan fingerprint density at radius 3 is 2.89 bits per heavy atom. The molecular weight excluding hydrogens is 232 g/mol. The summed E-state index contributed by atoms with van der Waals surface area (Å²) >= 11 is 0. The summed E-state index contributed by atoms with van der Waals surface area (Å²) in [6.07, 6.45) is 6.11. The van der Waals surface area contributed by atoms with Crippen LogP contribution < -0.4 is 11.1 Å². The summed E-state index contributed by atoms with van der Waals surface area (Å²) in [5.74, 6) is 0.142. The number of urea groups is 1. The highest BCUT2D eigenvalue weighted by molar-refractivity contribution is 5.74. The summed E-state index contributed by atoms with van der Waals surface area (Å²) in [6, 6.07) is -0.0575. The maximum atomic E-state index is 12.1. The van der Waals surface area contributed by atoms with Crippen LogP contribution in [0.4, 0.5) is 4.79 Å². The van der Waals surface area contributed by atoms with Crippen molar-refractivity contribution in [1.82, 2.24) is 15.6 Å². The van der Waals surface area contributed by atoms with Gasteiger partial charge in [-0.3, -0.25) is 0 Å². The van der Waals surface area contributed by atoms with Crippen molar-refractivity contribution in [1.29, 1.82) is 0 Å². The number of carbonyl (C=O) groups excluding carboxylic acids is 1. The van der Waals surface area contributed by atoms with Crippen LogP contribution in [-0.4, -0.2) is 42.4 Å². The third kappa shape index (κ3) is 1.92. The molecule has 1 saturated heterocycles. The van der Waals surface area contributed by atoms with Gasteiger partial charge in [-0.05, 0) is 19.4 Å². The number of amides is 2. The molecule has 0 radical (unpaired) electrons. The molecule has 0 aromatic carbocycles. The summed E-state index contributed by atoms with van der Waals surface area (Å²) in [5.41, 5.74) is 5.48. The van der Waals surface area contributed by atoms with Gasteiger partial charge < -0.3 is 4.74 Å². The van der Waals surface area contributed by atoms with Gasteiger partial charge in [0, 0.05) is 13.0 Å². The molecule has 3 N–H and O–H groups in total. The topological polar surface area (TPSA) is 61.4 Å². The zero-order chi connectivity index (χ0) is 13.3. The van der Waals surface area contributed by atoms with Crippen molar-refractivity contribution in [2.24, 2.45) is 5.92 Å². The third-order valence-corrected chi connectivity index (χ3v) is 3.74. The molecule has 6 heteroatoms. The van der Waals surface area contributed by atoms with Gasteiger partial charge in [-0.2, -0.15) is 10.0 Å². The van der Waals surface area contributed by atoms with Crippen LogP contribution >= 0.6 is 0 Å². The minimum absolute atomic E-state index is 0.0575. The number of carbonyl (C=O) groups is 1. The van der Waals surface area contributed by atoms with Crippen LogP contribution in [-0.2, 0) is 4.74 Å².